The predicted molar refractivity (Wildman–Crippen MR) is 153 cm³/mol. The van der Waals surface area contributed by atoms with Gasteiger partial charge in [-0.25, -0.2) is 16.8 Å². The summed E-state index contributed by atoms with van der Waals surface area (Å²) >= 11 is 6.27. The van der Waals surface area contributed by atoms with Crippen molar-refractivity contribution in [2.24, 2.45) is 0 Å². The van der Waals surface area contributed by atoms with Gasteiger partial charge in [-0.15, -0.1) is 0 Å². The molecule has 4 rings (SSSR count). The lowest BCUT2D eigenvalue weighted by Crippen LogP contribution is -2.15. The topological polar surface area (TPSA) is 140 Å². The molecule has 0 atom stereocenters. The van der Waals surface area contributed by atoms with E-state index in [1.54, 1.807) is 30.3 Å². The van der Waals surface area contributed by atoms with Gasteiger partial charge in [-0.3, -0.25) is 14.2 Å². The van der Waals surface area contributed by atoms with Crippen LogP contribution in [0.4, 0.5) is 17.1 Å². The molecule has 4 aromatic carbocycles. The van der Waals surface area contributed by atoms with Crippen LogP contribution in [0.25, 0.3) is 0 Å². The molecule has 0 heterocycles. The van der Waals surface area contributed by atoms with Crippen molar-refractivity contribution in [2.75, 3.05) is 29.0 Å². The third-order valence-electron chi connectivity index (χ3n) is 5.59. The van der Waals surface area contributed by atoms with E-state index in [1.807, 2.05) is 0 Å². The van der Waals surface area contributed by atoms with E-state index in [-0.39, 0.29) is 37.5 Å². The molecule has 0 bridgehead atoms. The fraction of sp³-hybridized carbons (Fsp3) is 0.0741. The van der Waals surface area contributed by atoms with Crippen molar-refractivity contribution in [3.05, 3.63) is 102 Å². The van der Waals surface area contributed by atoms with E-state index in [0.29, 0.717) is 11.4 Å². The van der Waals surface area contributed by atoms with Crippen molar-refractivity contribution in [3.8, 4) is 11.5 Å². The SMILES string of the molecule is COc1ccc(NS(=O)(=O)c2ccc(NC(=O)c3ccc(NS(=O)(=O)c4ccccc4)cc3Cl)cc2)c(OC)c1. The Morgan fingerprint density at radius 1 is 0.700 bits per heavy atom. The first kappa shape index (κ1) is 28.7. The van der Waals surface area contributed by atoms with Crippen LogP contribution in [-0.2, 0) is 20.0 Å². The second-order valence-electron chi connectivity index (χ2n) is 8.26. The fourth-order valence-corrected chi connectivity index (χ4v) is 5.99. The highest BCUT2D eigenvalue weighted by molar-refractivity contribution is 7.93. The molecule has 0 radical (unpaired) electrons. The molecule has 40 heavy (non-hydrogen) atoms. The normalized spacial score (nSPS) is 11.4. The van der Waals surface area contributed by atoms with E-state index in [9.17, 15) is 21.6 Å². The minimum atomic E-state index is -3.97. The first-order chi connectivity index (χ1) is 19.0. The molecule has 0 aliphatic rings. The summed E-state index contributed by atoms with van der Waals surface area (Å²) < 4.78 is 66.1. The third-order valence-corrected chi connectivity index (χ3v) is 8.69. The predicted octanol–water partition coefficient (Wildman–Crippen LogP) is 5.21. The number of hydrogen-bond acceptors (Lipinski definition) is 7. The number of amides is 1. The highest BCUT2D eigenvalue weighted by Gasteiger charge is 2.19. The molecule has 13 heteroatoms. The Morgan fingerprint density at radius 2 is 1.32 bits per heavy atom. The lowest BCUT2D eigenvalue weighted by atomic mass is 10.2. The number of sulfonamides is 2. The monoisotopic (exact) mass is 601 g/mol. The summed E-state index contributed by atoms with van der Waals surface area (Å²) in [5.74, 6) is 0.213. The zero-order valence-corrected chi connectivity index (χ0v) is 23.6. The van der Waals surface area contributed by atoms with Crippen molar-refractivity contribution in [2.45, 2.75) is 9.79 Å². The van der Waals surface area contributed by atoms with E-state index < -0.39 is 26.0 Å². The van der Waals surface area contributed by atoms with Crippen molar-refractivity contribution >= 4 is 54.6 Å². The summed E-state index contributed by atoms with van der Waals surface area (Å²) in [4.78, 5) is 12.8. The minimum absolute atomic E-state index is 0.0163. The molecular formula is C27H24ClN3O7S2. The zero-order valence-electron chi connectivity index (χ0n) is 21.2. The van der Waals surface area contributed by atoms with Crippen LogP contribution in [-0.4, -0.2) is 37.0 Å². The highest BCUT2D eigenvalue weighted by Crippen LogP contribution is 2.31. The standard InChI is InChI=1S/C27H24ClN3O7S2/c1-37-20-11-15-25(26(17-20)38-2)31-40(35,36)22-12-8-18(9-13-22)29-27(32)23-14-10-19(16-24(23)28)30-39(33,34)21-6-4-3-5-7-21/h3-17,30-31H,1-2H3,(H,29,32). The molecular weight excluding hydrogens is 578 g/mol. The van der Waals surface area contributed by atoms with Gasteiger partial charge in [-0.2, -0.15) is 0 Å². The van der Waals surface area contributed by atoms with Gasteiger partial charge in [0.2, 0.25) is 0 Å². The number of halogens is 1. The molecule has 3 N–H and O–H groups in total. The van der Waals surface area contributed by atoms with Gasteiger partial charge < -0.3 is 14.8 Å². The van der Waals surface area contributed by atoms with E-state index in [4.69, 9.17) is 21.1 Å². The van der Waals surface area contributed by atoms with Crippen molar-refractivity contribution in [1.82, 2.24) is 0 Å². The molecule has 208 valence electrons. The maximum atomic E-state index is 12.9. The summed E-state index contributed by atoms with van der Waals surface area (Å²) in [5, 5.41) is 2.66. The van der Waals surface area contributed by atoms with Crippen LogP contribution in [0.3, 0.4) is 0 Å². The van der Waals surface area contributed by atoms with Gasteiger partial charge in [-0.1, -0.05) is 29.8 Å². The lowest BCUT2D eigenvalue weighted by Gasteiger charge is -2.13. The van der Waals surface area contributed by atoms with E-state index in [2.05, 4.69) is 14.8 Å². The van der Waals surface area contributed by atoms with Crippen molar-refractivity contribution in [3.63, 3.8) is 0 Å². The lowest BCUT2D eigenvalue weighted by molar-refractivity contribution is 0.102. The van der Waals surface area contributed by atoms with Crippen molar-refractivity contribution < 1.29 is 31.1 Å². The number of carbonyl (C=O) groups is 1. The average Bonchev–Trinajstić information content (AvgIpc) is 2.93. The smallest absolute Gasteiger partial charge is 0.262 e. The molecule has 0 aliphatic carbocycles. The largest absolute Gasteiger partial charge is 0.497 e. The second kappa shape index (κ2) is 11.9. The number of nitrogens with one attached hydrogen (secondary N) is 3. The summed E-state index contributed by atoms with van der Waals surface area (Å²) in [5.41, 5.74) is 0.816. The van der Waals surface area contributed by atoms with Crippen LogP contribution in [0.5, 0.6) is 11.5 Å². The summed E-state index contributed by atoms with van der Waals surface area (Å²) in [6.45, 7) is 0. The van der Waals surface area contributed by atoms with Crippen LogP contribution in [0.1, 0.15) is 10.4 Å². The van der Waals surface area contributed by atoms with Crippen molar-refractivity contribution in [1.29, 1.82) is 0 Å². The Kier molecular flexibility index (Phi) is 8.52. The number of benzene rings is 4. The van der Waals surface area contributed by atoms with Gasteiger partial charge in [0, 0.05) is 11.8 Å². The molecule has 4 aromatic rings. The van der Waals surface area contributed by atoms with Gasteiger partial charge in [0.05, 0.1) is 46.0 Å². The van der Waals surface area contributed by atoms with E-state index in [1.165, 1.54) is 74.9 Å². The number of rotatable bonds is 10. The molecule has 1 amide bonds. The van der Waals surface area contributed by atoms with Crippen LogP contribution >= 0.6 is 11.6 Å². The molecule has 0 aliphatic heterocycles. The molecule has 0 fully saturated rings. The van der Waals surface area contributed by atoms with E-state index >= 15 is 0 Å². The number of methoxy groups -OCH3 is 2. The number of anilines is 3. The Hall–Kier alpha value is -4.26. The summed E-state index contributed by atoms with van der Waals surface area (Å²) in [6, 6.07) is 22.1. The van der Waals surface area contributed by atoms with Gasteiger partial charge in [-0.05, 0) is 66.7 Å². The third kappa shape index (κ3) is 6.65. The molecule has 0 saturated heterocycles. The zero-order chi connectivity index (χ0) is 28.9. The van der Waals surface area contributed by atoms with Gasteiger partial charge >= 0.3 is 0 Å². The first-order valence-corrected chi connectivity index (χ1v) is 14.9. The first-order valence-electron chi connectivity index (χ1n) is 11.6. The average molecular weight is 602 g/mol. The highest BCUT2D eigenvalue weighted by atomic mass is 35.5. The molecule has 0 unspecified atom stereocenters. The van der Waals surface area contributed by atoms with Gasteiger partial charge in [0.15, 0.2) is 0 Å². The van der Waals surface area contributed by atoms with Crippen LogP contribution in [0.15, 0.2) is 101 Å². The summed E-state index contributed by atoms with van der Waals surface area (Å²) in [7, 11) is -4.91. The molecule has 0 saturated carbocycles. The molecule has 10 nitrogen and oxygen atoms in total. The Balaban J connectivity index is 1.44. The van der Waals surface area contributed by atoms with E-state index in [0.717, 1.165) is 0 Å². The Labute approximate surface area is 237 Å². The maximum Gasteiger partial charge on any atom is 0.262 e. The maximum absolute atomic E-state index is 12.9. The van der Waals surface area contributed by atoms with Gasteiger partial charge in [0.25, 0.3) is 26.0 Å². The quantitative estimate of drug-likeness (QED) is 0.227. The van der Waals surface area contributed by atoms with Gasteiger partial charge in [0.1, 0.15) is 11.5 Å². The second-order valence-corrected chi connectivity index (χ2v) is 12.0. The molecule has 0 spiro atoms. The van der Waals surface area contributed by atoms with Crippen LogP contribution in [0, 0.1) is 0 Å². The summed E-state index contributed by atoms with van der Waals surface area (Å²) in [6.07, 6.45) is 0. The fourth-order valence-electron chi connectivity index (χ4n) is 3.58. The number of carbonyl (C=O) groups excluding carboxylic acids is 1. The molecule has 0 aromatic heterocycles. The number of ether oxygens (including phenoxy) is 2. The minimum Gasteiger partial charge on any atom is -0.497 e. The van der Waals surface area contributed by atoms with Crippen LogP contribution in [0.2, 0.25) is 5.02 Å². The Morgan fingerprint density at radius 3 is 1.95 bits per heavy atom. The number of hydrogen-bond donors (Lipinski definition) is 3. The van der Waals surface area contributed by atoms with Crippen LogP contribution < -0.4 is 24.2 Å². The Bertz CT molecular complexity index is 1750.